The van der Waals surface area contributed by atoms with Gasteiger partial charge in [-0.1, -0.05) is 18.2 Å². The highest BCUT2D eigenvalue weighted by molar-refractivity contribution is 8.18. The largest absolute Gasteiger partial charge is 0.494 e. The third-order valence-electron chi connectivity index (χ3n) is 3.86. The van der Waals surface area contributed by atoms with Crippen molar-refractivity contribution in [1.29, 1.82) is 0 Å². The van der Waals surface area contributed by atoms with Gasteiger partial charge in [0.15, 0.2) is 0 Å². The van der Waals surface area contributed by atoms with Gasteiger partial charge in [0.05, 0.1) is 23.1 Å². The van der Waals surface area contributed by atoms with E-state index >= 15 is 0 Å². The van der Waals surface area contributed by atoms with E-state index in [2.05, 4.69) is 5.32 Å². The van der Waals surface area contributed by atoms with E-state index in [-0.39, 0.29) is 12.4 Å². The SMILES string of the molecule is CCOc1ccc(/C=C2/SC(=O)N(CNc3cccc([N+](=O)[O-])c3)C2=O)cc1. The number of carbonyl (C=O) groups is 2. The number of nitro groups is 1. The summed E-state index contributed by atoms with van der Waals surface area (Å²) in [6.45, 7) is 2.38. The van der Waals surface area contributed by atoms with Crippen molar-refractivity contribution >= 4 is 40.4 Å². The van der Waals surface area contributed by atoms with Crippen LogP contribution in [0.25, 0.3) is 6.08 Å². The van der Waals surface area contributed by atoms with Crippen LogP contribution in [0.3, 0.4) is 0 Å². The van der Waals surface area contributed by atoms with E-state index in [1.54, 1.807) is 36.4 Å². The summed E-state index contributed by atoms with van der Waals surface area (Å²) in [6.07, 6.45) is 1.65. The number of nitrogens with zero attached hydrogens (tertiary/aromatic N) is 2. The number of carbonyl (C=O) groups excluding carboxylic acids is 2. The van der Waals surface area contributed by atoms with Crippen LogP contribution in [0.1, 0.15) is 12.5 Å². The van der Waals surface area contributed by atoms with Crippen molar-refractivity contribution in [3.63, 3.8) is 0 Å². The number of nitrogens with one attached hydrogen (secondary N) is 1. The van der Waals surface area contributed by atoms with Gasteiger partial charge in [-0.2, -0.15) is 0 Å². The monoisotopic (exact) mass is 399 g/mol. The number of non-ortho nitro benzene ring substituents is 1. The van der Waals surface area contributed by atoms with Gasteiger partial charge < -0.3 is 10.1 Å². The minimum absolute atomic E-state index is 0.0745. The summed E-state index contributed by atoms with van der Waals surface area (Å²) < 4.78 is 5.38. The summed E-state index contributed by atoms with van der Waals surface area (Å²) in [6, 6.07) is 13.1. The van der Waals surface area contributed by atoms with Gasteiger partial charge in [0.2, 0.25) is 0 Å². The quantitative estimate of drug-likeness (QED) is 0.425. The standard InChI is InChI=1S/C19H17N3O5S/c1-2-27-16-8-6-13(7-9-16)10-17-18(23)21(19(24)28-17)12-20-14-4-3-5-15(11-14)22(25)26/h3-11,20H,2,12H2,1H3/b17-10+. The molecule has 1 aliphatic rings. The van der Waals surface area contributed by atoms with Crippen LogP contribution < -0.4 is 10.1 Å². The lowest BCUT2D eigenvalue weighted by atomic mass is 10.2. The molecule has 0 bridgehead atoms. The molecular weight excluding hydrogens is 382 g/mol. The smallest absolute Gasteiger partial charge is 0.295 e. The second kappa shape index (κ2) is 8.57. The van der Waals surface area contributed by atoms with Crippen molar-refractivity contribution in [3.05, 3.63) is 69.1 Å². The van der Waals surface area contributed by atoms with E-state index in [9.17, 15) is 19.7 Å². The lowest BCUT2D eigenvalue weighted by Crippen LogP contribution is -2.33. The molecule has 0 saturated carbocycles. The molecule has 2 amide bonds. The molecule has 0 aliphatic carbocycles. The van der Waals surface area contributed by atoms with Crippen molar-refractivity contribution in [2.24, 2.45) is 0 Å². The average molecular weight is 399 g/mol. The van der Waals surface area contributed by atoms with Crippen molar-refractivity contribution < 1.29 is 19.2 Å². The maximum absolute atomic E-state index is 12.5. The van der Waals surface area contributed by atoms with Gasteiger partial charge >= 0.3 is 0 Å². The van der Waals surface area contributed by atoms with E-state index in [1.165, 1.54) is 18.2 Å². The highest BCUT2D eigenvalue weighted by Gasteiger charge is 2.34. The van der Waals surface area contributed by atoms with Crippen LogP contribution >= 0.6 is 11.8 Å². The Hall–Kier alpha value is -3.33. The molecule has 2 aromatic carbocycles. The average Bonchev–Trinajstić information content (AvgIpc) is 2.95. The van der Waals surface area contributed by atoms with Crippen LogP contribution in [0.2, 0.25) is 0 Å². The third-order valence-corrected chi connectivity index (χ3v) is 4.77. The Morgan fingerprint density at radius 1 is 1.21 bits per heavy atom. The summed E-state index contributed by atoms with van der Waals surface area (Å²) in [5.41, 5.74) is 1.15. The van der Waals surface area contributed by atoms with E-state index in [1.807, 2.05) is 6.92 Å². The van der Waals surface area contributed by atoms with E-state index in [0.717, 1.165) is 28.0 Å². The molecule has 2 aromatic rings. The van der Waals surface area contributed by atoms with Crippen molar-refractivity contribution in [2.75, 3.05) is 18.6 Å². The van der Waals surface area contributed by atoms with Crippen LogP contribution in [0.4, 0.5) is 16.2 Å². The molecule has 0 atom stereocenters. The Bertz CT molecular complexity index is 943. The number of nitro benzene ring substituents is 1. The molecule has 0 spiro atoms. The van der Waals surface area contributed by atoms with E-state index in [0.29, 0.717) is 17.2 Å². The molecule has 144 valence electrons. The van der Waals surface area contributed by atoms with Gasteiger partial charge in [-0.3, -0.25) is 24.6 Å². The third kappa shape index (κ3) is 4.49. The zero-order chi connectivity index (χ0) is 20.1. The van der Waals surface area contributed by atoms with Gasteiger partial charge in [0.25, 0.3) is 16.8 Å². The summed E-state index contributed by atoms with van der Waals surface area (Å²) in [4.78, 5) is 36.4. The van der Waals surface area contributed by atoms with Crippen LogP contribution in [0, 0.1) is 10.1 Å². The highest BCUT2D eigenvalue weighted by Crippen LogP contribution is 2.32. The van der Waals surface area contributed by atoms with Crippen LogP contribution in [0.15, 0.2) is 53.4 Å². The predicted octanol–water partition coefficient (Wildman–Crippen LogP) is 4.10. The molecule has 3 rings (SSSR count). The molecule has 1 fully saturated rings. The molecule has 1 heterocycles. The molecule has 28 heavy (non-hydrogen) atoms. The second-order valence-corrected chi connectivity index (χ2v) is 6.75. The Morgan fingerprint density at radius 2 is 1.96 bits per heavy atom. The Kier molecular flexibility index (Phi) is 5.95. The number of hydrogen-bond acceptors (Lipinski definition) is 7. The number of benzene rings is 2. The number of amides is 2. The Balaban J connectivity index is 1.67. The number of imide groups is 1. The molecule has 0 radical (unpaired) electrons. The fourth-order valence-electron chi connectivity index (χ4n) is 2.51. The zero-order valence-corrected chi connectivity index (χ0v) is 15.8. The second-order valence-electron chi connectivity index (χ2n) is 5.75. The van der Waals surface area contributed by atoms with Crippen LogP contribution in [-0.4, -0.2) is 34.2 Å². The first-order chi connectivity index (χ1) is 13.5. The topological polar surface area (TPSA) is 102 Å². The van der Waals surface area contributed by atoms with Gasteiger partial charge in [0, 0.05) is 17.8 Å². The van der Waals surface area contributed by atoms with Crippen LogP contribution in [-0.2, 0) is 4.79 Å². The van der Waals surface area contributed by atoms with Gasteiger partial charge in [-0.05, 0) is 48.5 Å². The number of ether oxygens (including phenoxy) is 1. The first-order valence-corrected chi connectivity index (χ1v) is 9.26. The van der Waals surface area contributed by atoms with Crippen LogP contribution in [0.5, 0.6) is 5.75 Å². The molecule has 1 aliphatic heterocycles. The van der Waals surface area contributed by atoms with Gasteiger partial charge in [-0.25, -0.2) is 0 Å². The molecule has 0 aromatic heterocycles. The fraction of sp³-hybridized carbons (Fsp3) is 0.158. The Labute approximate surface area is 165 Å². The summed E-state index contributed by atoms with van der Waals surface area (Å²) in [5.74, 6) is 0.315. The zero-order valence-electron chi connectivity index (χ0n) is 15.0. The summed E-state index contributed by atoms with van der Waals surface area (Å²) >= 11 is 0.853. The number of rotatable bonds is 7. The van der Waals surface area contributed by atoms with Gasteiger partial charge in [0.1, 0.15) is 5.75 Å². The predicted molar refractivity (Wildman–Crippen MR) is 107 cm³/mol. The minimum atomic E-state index is -0.509. The highest BCUT2D eigenvalue weighted by atomic mass is 32.2. The lowest BCUT2D eigenvalue weighted by molar-refractivity contribution is -0.384. The van der Waals surface area contributed by atoms with E-state index in [4.69, 9.17) is 4.74 Å². The number of anilines is 1. The summed E-state index contributed by atoms with van der Waals surface area (Å²) in [5, 5.41) is 13.3. The fourth-order valence-corrected chi connectivity index (χ4v) is 3.35. The maximum Gasteiger partial charge on any atom is 0.295 e. The lowest BCUT2D eigenvalue weighted by Gasteiger charge is -2.14. The van der Waals surface area contributed by atoms with Crippen molar-refractivity contribution in [3.8, 4) is 5.75 Å². The van der Waals surface area contributed by atoms with Crippen molar-refractivity contribution in [2.45, 2.75) is 6.92 Å². The van der Waals surface area contributed by atoms with Gasteiger partial charge in [-0.15, -0.1) is 0 Å². The maximum atomic E-state index is 12.5. The molecular formula is C19H17N3O5S. The minimum Gasteiger partial charge on any atom is -0.494 e. The molecule has 1 saturated heterocycles. The summed E-state index contributed by atoms with van der Waals surface area (Å²) in [7, 11) is 0. The number of thioether (sulfide) groups is 1. The molecule has 9 heteroatoms. The first kappa shape index (κ1) is 19.4. The first-order valence-electron chi connectivity index (χ1n) is 8.44. The van der Waals surface area contributed by atoms with Crippen molar-refractivity contribution in [1.82, 2.24) is 4.90 Å². The number of hydrogen-bond donors (Lipinski definition) is 1. The van der Waals surface area contributed by atoms with E-state index < -0.39 is 16.1 Å². The molecule has 0 unspecified atom stereocenters. The molecule has 8 nitrogen and oxygen atoms in total. The Morgan fingerprint density at radius 3 is 2.64 bits per heavy atom. The normalized spacial score (nSPS) is 15.2. The molecule has 1 N–H and O–H groups in total.